The molecule has 0 saturated heterocycles. The second-order valence-corrected chi connectivity index (χ2v) is 7.87. The van der Waals surface area contributed by atoms with Crippen LogP contribution in [-0.2, 0) is 9.53 Å². The standard InChI is InChI=1S/C24H26BrNO4/c1-5-29-23-16(3)24-20(21(14-30-24)17-7-6-8-18(25)12-17)13-19(23)15(2)11-22(27)26-9-10-28-4/h6-8,11-14H,5,9-10H2,1-4H3,(H,26,27)/b15-11+. The van der Waals surface area contributed by atoms with E-state index in [0.717, 1.165) is 49.0 Å². The first kappa shape index (κ1) is 22.1. The first-order valence-electron chi connectivity index (χ1n) is 9.85. The van der Waals surface area contributed by atoms with E-state index in [1.807, 2.05) is 45.0 Å². The number of allylic oxidation sites excluding steroid dienone is 1. The third kappa shape index (κ3) is 4.77. The maximum absolute atomic E-state index is 12.3. The fraction of sp³-hybridized carbons (Fsp3) is 0.292. The van der Waals surface area contributed by atoms with E-state index in [2.05, 4.69) is 27.3 Å². The summed E-state index contributed by atoms with van der Waals surface area (Å²) in [5.41, 5.74) is 5.45. The lowest BCUT2D eigenvalue weighted by atomic mass is 9.96. The van der Waals surface area contributed by atoms with Gasteiger partial charge < -0.3 is 19.2 Å². The molecule has 0 fully saturated rings. The molecular weight excluding hydrogens is 446 g/mol. The van der Waals surface area contributed by atoms with Crippen molar-refractivity contribution >= 4 is 38.4 Å². The van der Waals surface area contributed by atoms with Crippen LogP contribution < -0.4 is 10.1 Å². The van der Waals surface area contributed by atoms with Gasteiger partial charge in [0.2, 0.25) is 5.91 Å². The molecule has 0 unspecified atom stereocenters. The number of hydrogen-bond acceptors (Lipinski definition) is 4. The number of nitrogens with one attached hydrogen (secondary N) is 1. The van der Waals surface area contributed by atoms with Crippen LogP contribution >= 0.6 is 15.9 Å². The minimum atomic E-state index is -0.163. The molecule has 0 radical (unpaired) electrons. The zero-order chi connectivity index (χ0) is 21.7. The van der Waals surface area contributed by atoms with E-state index in [1.54, 1.807) is 19.4 Å². The number of benzene rings is 2. The number of fused-ring (bicyclic) bond motifs is 1. The van der Waals surface area contributed by atoms with Crippen molar-refractivity contribution in [2.45, 2.75) is 20.8 Å². The number of carbonyl (C=O) groups excluding carboxylic acids is 1. The lowest BCUT2D eigenvalue weighted by molar-refractivity contribution is -0.116. The molecule has 0 aliphatic heterocycles. The van der Waals surface area contributed by atoms with E-state index >= 15 is 0 Å². The van der Waals surface area contributed by atoms with E-state index in [4.69, 9.17) is 13.9 Å². The molecule has 0 aliphatic carbocycles. The summed E-state index contributed by atoms with van der Waals surface area (Å²) in [5.74, 6) is 0.572. The Kier molecular flexibility index (Phi) is 7.34. The summed E-state index contributed by atoms with van der Waals surface area (Å²) in [5, 5.41) is 3.80. The van der Waals surface area contributed by atoms with Crippen molar-refractivity contribution in [1.82, 2.24) is 5.32 Å². The van der Waals surface area contributed by atoms with Crippen LogP contribution in [-0.4, -0.2) is 32.8 Å². The van der Waals surface area contributed by atoms with Crippen LogP contribution in [0.15, 0.2) is 51.6 Å². The van der Waals surface area contributed by atoms with Gasteiger partial charge >= 0.3 is 0 Å². The van der Waals surface area contributed by atoms with E-state index in [9.17, 15) is 4.79 Å². The molecule has 1 heterocycles. The van der Waals surface area contributed by atoms with Crippen molar-refractivity contribution in [3.05, 3.63) is 58.3 Å². The highest BCUT2D eigenvalue weighted by Gasteiger charge is 2.19. The Balaban J connectivity index is 2.11. The molecule has 158 valence electrons. The number of carbonyl (C=O) groups is 1. The highest BCUT2D eigenvalue weighted by atomic mass is 79.9. The van der Waals surface area contributed by atoms with Gasteiger partial charge in [-0.2, -0.15) is 0 Å². The largest absolute Gasteiger partial charge is 0.493 e. The predicted octanol–water partition coefficient (Wildman–Crippen LogP) is 5.74. The highest BCUT2D eigenvalue weighted by molar-refractivity contribution is 9.10. The first-order valence-corrected chi connectivity index (χ1v) is 10.6. The quantitative estimate of drug-likeness (QED) is 0.336. The zero-order valence-corrected chi connectivity index (χ0v) is 19.3. The SMILES string of the molecule is CCOc1c(/C(C)=C/C(=O)NCCOC)cc2c(-c3cccc(Br)c3)coc2c1C. The lowest BCUT2D eigenvalue weighted by Crippen LogP contribution is -2.25. The Morgan fingerprint density at radius 1 is 1.30 bits per heavy atom. The second kappa shape index (κ2) is 9.96. The smallest absolute Gasteiger partial charge is 0.244 e. The number of amides is 1. The second-order valence-electron chi connectivity index (χ2n) is 6.96. The van der Waals surface area contributed by atoms with Gasteiger partial charge in [0.25, 0.3) is 0 Å². The third-order valence-corrected chi connectivity index (χ3v) is 5.34. The summed E-state index contributed by atoms with van der Waals surface area (Å²) < 4.78 is 17.9. The van der Waals surface area contributed by atoms with Gasteiger partial charge in [0, 0.05) is 46.3 Å². The Morgan fingerprint density at radius 3 is 2.80 bits per heavy atom. The average Bonchev–Trinajstić information content (AvgIpc) is 3.14. The maximum atomic E-state index is 12.3. The molecule has 2 aromatic carbocycles. The molecule has 30 heavy (non-hydrogen) atoms. The lowest BCUT2D eigenvalue weighted by Gasteiger charge is -2.15. The molecular formula is C24H26BrNO4. The summed E-state index contributed by atoms with van der Waals surface area (Å²) in [6.07, 6.45) is 3.37. The normalized spacial score (nSPS) is 11.7. The fourth-order valence-corrected chi connectivity index (χ4v) is 3.82. The first-order chi connectivity index (χ1) is 14.5. The van der Waals surface area contributed by atoms with Gasteiger partial charge in [-0.25, -0.2) is 0 Å². The van der Waals surface area contributed by atoms with E-state index in [-0.39, 0.29) is 5.91 Å². The van der Waals surface area contributed by atoms with Gasteiger partial charge in [0.15, 0.2) is 0 Å². The summed E-state index contributed by atoms with van der Waals surface area (Å²) in [4.78, 5) is 12.3. The molecule has 0 atom stereocenters. The summed E-state index contributed by atoms with van der Waals surface area (Å²) in [6, 6.07) is 10.1. The number of ether oxygens (including phenoxy) is 2. The topological polar surface area (TPSA) is 60.7 Å². The van der Waals surface area contributed by atoms with Crippen molar-refractivity contribution in [3.8, 4) is 16.9 Å². The van der Waals surface area contributed by atoms with E-state index in [1.165, 1.54) is 0 Å². The van der Waals surface area contributed by atoms with Gasteiger partial charge in [-0.15, -0.1) is 0 Å². The molecule has 0 bridgehead atoms. The van der Waals surface area contributed by atoms with Crippen LogP contribution in [0, 0.1) is 6.92 Å². The van der Waals surface area contributed by atoms with Crippen LogP contribution in [0.5, 0.6) is 5.75 Å². The molecule has 0 spiro atoms. The molecule has 0 aliphatic rings. The molecule has 6 heteroatoms. The molecule has 1 amide bonds. The molecule has 5 nitrogen and oxygen atoms in total. The summed E-state index contributed by atoms with van der Waals surface area (Å²) >= 11 is 3.54. The summed E-state index contributed by atoms with van der Waals surface area (Å²) in [6.45, 7) is 7.29. The van der Waals surface area contributed by atoms with Crippen LogP contribution in [0.25, 0.3) is 27.7 Å². The van der Waals surface area contributed by atoms with Crippen LogP contribution in [0.2, 0.25) is 0 Å². The minimum Gasteiger partial charge on any atom is -0.493 e. The van der Waals surface area contributed by atoms with Crippen LogP contribution in [0.3, 0.4) is 0 Å². The fourth-order valence-electron chi connectivity index (χ4n) is 3.42. The average molecular weight is 472 g/mol. The third-order valence-electron chi connectivity index (χ3n) is 4.85. The number of furan rings is 1. The number of hydrogen-bond donors (Lipinski definition) is 1. The zero-order valence-electron chi connectivity index (χ0n) is 17.7. The van der Waals surface area contributed by atoms with E-state index < -0.39 is 0 Å². The molecule has 3 rings (SSSR count). The highest BCUT2D eigenvalue weighted by Crippen LogP contribution is 2.41. The van der Waals surface area contributed by atoms with Gasteiger partial charge in [-0.05, 0) is 50.1 Å². The van der Waals surface area contributed by atoms with Crippen molar-refractivity contribution in [3.63, 3.8) is 0 Å². The Bertz CT molecular complexity index is 1080. The molecule has 1 N–H and O–H groups in total. The van der Waals surface area contributed by atoms with Gasteiger partial charge in [-0.1, -0.05) is 28.1 Å². The Morgan fingerprint density at radius 2 is 2.10 bits per heavy atom. The Hall–Kier alpha value is -2.57. The van der Waals surface area contributed by atoms with Gasteiger partial charge in [-0.3, -0.25) is 4.79 Å². The van der Waals surface area contributed by atoms with Gasteiger partial charge in [0.1, 0.15) is 11.3 Å². The van der Waals surface area contributed by atoms with E-state index in [0.29, 0.717) is 19.8 Å². The predicted molar refractivity (Wildman–Crippen MR) is 124 cm³/mol. The number of halogens is 1. The maximum Gasteiger partial charge on any atom is 0.244 e. The monoisotopic (exact) mass is 471 g/mol. The summed E-state index contributed by atoms with van der Waals surface area (Å²) in [7, 11) is 1.60. The van der Waals surface area contributed by atoms with Crippen molar-refractivity contribution in [1.29, 1.82) is 0 Å². The molecule has 3 aromatic rings. The Labute approximate surface area is 185 Å². The van der Waals surface area contributed by atoms with Crippen molar-refractivity contribution in [2.24, 2.45) is 0 Å². The minimum absolute atomic E-state index is 0.163. The number of aryl methyl sites for hydroxylation is 1. The molecule has 1 aromatic heterocycles. The number of methoxy groups -OCH3 is 1. The van der Waals surface area contributed by atoms with Gasteiger partial charge in [0.05, 0.1) is 19.5 Å². The van der Waals surface area contributed by atoms with Crippen LogP contribution in [0.4, 0.5) is 0 Å². The van der Waals surface area contributed by atoms with Crippen LogP contribution in [0.1, 0.15) is 25.0 Å². The van der Waals surface area contributed by atoms with Crippen molar-refractivity contribution in [2.75, 3.05) is 26.9 Å². The van der Waals surface area contributed by atoms with Crippen molar-refractivity contribution < 1.29 is 18.7 Å². The number of rotatable bonds is 8. The molecule has 0 saturated carbocycles.